The third kappa shape index (κ3) is 2.75. The minimum absolute atomic E-state index is 0.0642. The van der Waals surface area contributed by atoms with Gasteiger partial charge in [0.25, 0.3) is 0 Å². The lowest BCUT2D eigenvalue weighted by Gasteiger charge is -2.21. The molecule has 21 heavy (non-hydrogen) atoms. The quantitative estimate of drug-likeness (QED) is 0.790. The molecule has 1 aromatic heterocycles. The van der Waals surface area contributed by atoms with Crippen LogP contribution in [0.15, 0.2) is 55.4 Å². The first-order valence-electron chi connectivity index (χ1n) is 7.16. The molecular formula is C17H19N3O. The zero-order valence-electron chi connectivity index (χ0n) is 12.1. The molecule has 4 nitrogen and oxygen atoms in total. The van der Waals surface area contributed by atoms with E-state index in [1.165, 1.54) is 0 Å². The van der Waals surface area contributed by atoms with Crippen LogP contribution < -0.4 is 4.90 Å². The molecule has 0 spiro atoms. The summed E-state index contributed by atoms with van der Waals surface area (Å²) in [6.07, 6.45) is 6.54. The van der Waals surface area contributed by atoms with Crippen LogP contribution in [0.1, 0.15) is 17.9 Å². The first kappa shape index (κ1) is 13.6. The maximum Gasteiger partial charge on any atom is 0.231 e. The van der Waals surface area contributed by atoms with Crippen molar-refractivity contribution < 1.29 is 4.79 Å². The normalized spacial score (nSPS) is 20.0. The van der Waals surface area contributed by atoms with Gasteiger partial charge in [-0.1, -0.05) is 24.3 Å². The minimum Gasteiger partial charge on any atom is -0.308 e. The topological polar surface area (TPSA) is 38.1 Å². The molecule has 0 radical (unpaired) electrons. The predicted octanol–water partition coefficient (Wildman–Crippen LogP) is 2.74. The molecule has 2 aromatic rings. The molecule has 4 heteroatoms. The van der Waals surface area contributed by atoms with Gasteiger partial charge in [-0.2, -0.15) is 5.10 Å². The van der Waals surface area contributed by atoms with Crippen molar-refractivity contribution >= 4 is 11.6 Å². The lowest BCUT2D eigenvalue weighted by molar-refractivity contribution is -0.119. The van der Waals surface area contributed by atoms with E-state index < -0.39 is 0 Å². The number of para-hydroxylation sites is 1. The van der Waals surface area contributed by atoms with E-state index in [1.807, 2.05) is 54.7 Å². The number of rotatable bonds is 5. The Hall–Kier alpha value is -2.36. The van der Waals surface area contributed by atoms with Crippen LogP contribution in [0.4, 0.5) is 5.69 Å². The number of nitrogens with zero attached hydrogens (tertiary/aromatic N) is 3. The second kappa shape index (κ2) is 5.56. The summed E-state index contributed by atoms with van der Waals surface area (Å²) in [7, 11) is 1.90. The van der Waals surface area contributed by atoms with E-state index in [4.69, 9.17) is 0 Å². The molecule has 3 rings (SSSR count). The Bertz CT molecular complexity index is 647. The molecule has 1 saturated carbocycles. The van der Waals surface area contributed by atoms with Gasteiger partial charge in [-0.05, 0) is 30.0 Å². The number of anilines is 1. The number of amides is 1. The number of benzene rings is 1. The maximum atomic E-state index is 12.7. The Morgan fingerprint density at radius 3 is 2.86 bits per heavy atom. The number of aryl methyl sites for hydroxylation is 1. The van der Waals surface area contributed by atoms with E-state index in [0.29, 0.717) is 12.5 Å². The monoisotopic (exact) mass is 281 g/mol. The van der Waals surface area contributed by atoms with Gasteiger partial charge in [-0.3, -0.25) is 9.48 Å². The van der Waals surface area contributed by atoms with E-state index in [9.17, 15) is 4.79 Å². The standard InChI is InChI=1S/C17H19N3O/c1-3-9-20(14-7-5-4-6-8-14)17(21)16-10-15(16)13-11-18-19(2)12-13/h3-8,11-12,15-16H,1,9-10H2,2H3/t15-,16+/m0/s1. The lowest BCUT2D eigenvalue weighted by Crippen LogP contribution is -2.32. The van der Waals surface area contributed by atoms with E-state index in [0.717, 1.165) is 17.7 Å². The van der Waals surface area contributed by atoms with Crippen LogP contribution >= 0.6 is 0 Å². The minimum atomic E-state index is 0.0642. The van der Waals surface area contributed by atoms with Crippen LogP contribution in [0.3, 0.4) is 0 Å². The van der Waals surface area contributed by atoms with Crippen LogP contribution in [0.25, 0.3) is 0 Å². The summed E-state index contributed by atoms with van der Waals surface area (Å²) in [6, 6.07) is 9.77. The van der Waals surface area contributed by atoms with Crippen molar-refractivity contribution in [3.8, 4) is 0 Å². The van der Waals surface area contributed by atoms with Gasteiger partial charge in [0.1, 0.15) is 0 Å². The molecule has 0 unspecified atom stereocenters. The van der Waals surface area contributed by atoms with Gasteiger partial charge in [0.2, 0.25) is 5.91 Å². The van der Waals surface area contributed by atoms with Crippen LogP contribution in [-0.4, -0.2) is 22.2 Å². The van der Waals surface area contributed by atoms with Crippen LogP contribution in [0, 0.1) is 5.92 Å². The largest absolute Gasteiger partial charge is 0.308 e. The summed E-state index contributed by atoms with van der Waals surface area (Å²) in [5, 5.41) is 4.19. The van der Waals surface area contributed by atoms with Crippen molar-refractivity contribution in [2.24, 2.45) is 13.0 Å². The number of aromatic nitrogens is 2. The summed E-state index contributed by atoms with van der Waals surface area (Å²) in [5.41, 5.74) is 2.08. The molecule has 1 aliphatic rings. The van der Waals surface area contributed by atoms with E-state index in [-0.39, 0.29) is 11.8 Å². The van der Waals surface area contributed by atoms with Crippen molar-refractivity contribution in [1.82, 2.24) is 9.78 Å². The van der Waals surface area contributed by atoms with Crippen LogP contribution in [-0.2, 0) is 11.8 Å². The third-order valence-electron chi connectivity index (χ3n) is 3.91. The lowest BCUT2D eigenvalue weighted by atomic mass is 10.1. The van der Waals surface area contributed by atoms with Crippen molar-refractivity contribution in [3.05, 3.63) is 60.9 Å². The molecule has 1 heterocycles. The molecular weight excluding hydrogens is 262 g/mol. The van der Waals surface area contributed by atoms with Crippen molar-refractivity contribution in [2.75, 3.05) is 11.4 Å². The third-order valence-corrected chi connectivity index (χ3v) is 3.91. The second-order valence-corrected chi connectivity index (χ2v) is 5.47. The second-order valence-electron chi connectivity index (χ2n) is 5.47. The molecule has 1 fully saturated rings. The molecule has 0 N–H and O–H groups in total. The highest BCUT2D eigenvalue weighted by atomic mass is 16.2. The highest BCUT2D eigenvalue weighted by Gasteiger charge is 2.46. The first-order chi connectivity index (χ1) is 10.2. The molecule has 1 aliphatic carbocycles. The average Bonchev–Trinajstić information content (AvgIpc) is 3.20. The van der Waals surface area contributed by atoms with Gasteiger partial charge in [-0.25, -0.2) is 0 Å². The highest BCUT2D eigenvalue weighted by Crippen LogP contribution is 2.48. The molecule has 1 amide bonds. The van der Waals surface area contributed by atoms with E-state index in [1.54, 1.807) is 10.8 Å². The summed E-state index contributed by atoms with van der Waals surface area (Å²) in [4.78, 5) is 14.6. The summed E-state index contributed by atoms with van der Waals surface area (Å²) >= 11 is 0. The van der Waals surface area contributed by atoms with Crippen LogP contribution in [0.2, 0.25) is 0 Å². The summed E-state index contributed by atoms with van der Waals surface area (Å²) in [5.74, 6) is 0.548. The predicted molar refractivity (Wildman–Crippen MR) is 83.0 cm³/mol. The smallest absolute Gasteiger partial charge is 0.231 e. The van der Waals surface area contributed by atoms with Crippen LogP contribution in [0.5, 0.6) is 0 Å². The highest BCUT2D eigenvalue weighted by molar-refractivity contribution is 5.97. The molecule has 0 bridgehead atoms. The Morgan fingerprint density at radius 1 is 1.48 bits per heavy atom. The van der Waals surface area contributed by atoms with Gasteiger partial charge >= 0.3 is 0 Å². The summed E-state index contributed by atoms with van der Waals surface area (Å²) in [6.45, 7) is 4.30. The molecule has 2 atom stereocenters. The number of carbonyl (C=O) groups excluding carboxylic acids is 1. The van der Waals surface area contributed by atoms with Gasteiger partial charge in [0.15, 0.2) is 0 Å². The van der Waals surface area contributed by atoms with Gasteiger partial charge < -0.3 is 4.90 Å². The summed E-state index contributed by atoms with van der Waals surface area (Å²) < 4.78 is 1.79. The fourth-order valence-electron chi connectivity index (χ4n) is 2.73. The zero-order valence-corrected chi connectivity index (χ0v) is 12.1. The fourth-order valence-corrected chi connectivity index (χ4v) is 2.73. The molecule has 108 valence electrons. The SMILES string of the molecule is C=CCN(C(=O)[C@@H]1C[C@H]1c1cnn(C)c1)c1ccccc1. The van der Waals surface area contributed by atoms with E-state index in [2.05, 4.69) is 11.7 Å². The Labute approximate surface area is 124 Å². The number of carbonyl (C=O) groups is 1. The average molecular weight is 281 g/mol. The first-order valence-corrected chi connectivity index (χ1v) is 7.16. The number of hydrogen-bond acceptors (Lipinski definition) is 2. The Kier molecular flexibility index (Phi) is 3.60. The van der Waals surface area contributed by atoms with Gasteiger partial charge in [0, 0.05) is 31.4 Å². The zero-order chi connectivity index (χ0) is 14.8. The van der Waals surface area contributed by atoms with Crippen molar-refractivity contribution in [3.63, 3.8) is 0 Å². The molecule has 1 aromatic carbocycles. The maximum absolute atomic E-state index is 12.7. The van der Waals surface area contributed by atoms with Crippen molar-refractivity contribution in [1.29, 1.82) is 0 Å². The molecule has 0 aliphatic heterocycles. The van der Waals surface area contributed by atoms with Gasteiger partial charge in [-0.15, -0.1) is 6.58 Å². The van der Waals surface area contributed by atoms with E-state index >= 15 is 0 Å². The Morgan fingerprint density at radius 2 is 2.24 bits per heavy atom. The Balaban J connectivity index is 1.76. The van der Waals surface area contributed by atoms with Crippen molar-refractivity contribution in [2.45, 2.75) is 12.3 Å². The van der Waals surface area contributed by atoms with Gasteiger partial charge in [0.05, 0.1) is 6.20 Å². The molecule has 0 saturated heterocycles. The number of hydrogen-bond donors (Lipinski definition) is 0. The fraction of sp³-hybridized carbons (Fsp3) is 0.294.